The number of benzene rings is 2. The molecule has 2 aromatic carbocycles. The number of anilines is 2. The number of likely N-dealkylation sites (N-methyl/N-ethyl adjacent to an activating group) is 1. The fraction of sp³-hybridized carbons (Fsp3) is 0.484. The summed E-state index contributed by atoms with van der Waals surface area (Å²) in [5, 5.41) is 11.6. The number of hydrogen-bond acceptors (Lipinski definition) is 8. The Morgan fingerprint density at radius 3 is 2.58 bits per heavy atom. The number of sulfonamides is 1. The van der Waals surface area contributed by atoms with Crippen LogP contribution in [0.5, 0.6) is 0 Å². The first-order valence-corrected chi connectivity index (χ1v) is 16.7. The van der Waals surface area contributed by atoms with Gasteiger partial charge in [0, 0.05) is 85.2 Å². The lowest BCUT2D eigenvalue weighted by Gasteiger charge is -2.34. The van der Waals surface area contributed by atoms with Crippen LogP contribution in [-0.2, 0) is 33.3 Å². The summed E-state index contributed by atoms with van der Waals surface area (Å²) < 4.78 is 34.3. The molecule has 2 fully saturated rings. The summed E-state index contributed by atoms with van der Waals surface area (Å²) in [6.45, 7) is 9.04. The molecule has 0 spiro atoms. The SMILES string of the molecule is CN1CCN(c2ccc(C(=O)Cc3[nH]nc4c3CN(S(=O)(=O)c3cccc(Cl)c3)C4(C)C)c(NC3CCOCC3)c2)CC1. The van der Waals surface area contributed by atoms with Crippen molar-refractivity contribution < 1.29 is 17.9 Å². The van der Waals surface area contributed by atoms with E-state index in [1.807, 2.05) is 26.0 Å². The van der Waals surface area contributed by atoms with E-state index in [9.17, 15) is 13.2 Å². The van der Waals surface area contributed by atoms with E-state index in [0.717, 1.165) is 56.0 Å². The van der Waals surface area contributed by atoms with Crippen LogP contribution in [0.25, 0.3) is 0 Å². The summed E-state index contributed by atoms with van der Waals surface area (Å²) in [6, 6.07) is 12.6. The lowest BCUT2D eigenvalue weighted by Crippen LogP contribution is -2.44. The van der Waals surface area contributed by atoms with Crippen molar-refractivity contribution in [3.05, 3.63) is 70.0 Å². The maximum atomic E-state index is 13.9. The molecule has 12 heteroatoms. The Bertz CT molecular complexity index is 1610. The number of piperazine rings is 1. The Morgan fingerprint density at radius 1 is 1.12 bits per heavy atom. The van der Waals surface area contributed by atoms with Gasteiger partial charge in [-0.05, 0) is 70.1 Å². The lowest BCUT2D eigenvalue weighted by molar-refractivity contribution is 0.0904. The highest BCUT2D eigenvalue weighted by molar-refractivity contribution is 7.89. The number of ether oxygens (including phenoxy) is 1. The molecule has 230 valence electrons. The smallest absolute Gasteiger partial charge is 0.244 e. The van der Waals surface area contributed by atoms with Crippen LogP contribution in [0.2, 0.25) is 5.02 Å². The van der Waals surface area contributed by atoms with Gasteiger partial charge in [-0.15, -0.1) is 0 Å². The van der Waals surface area contributed by atoms with E-state index in [4.69, 9.17) is 16.3 Å². The summed E-state index contributed by atoms with van der Waals surface area (Å²) in [6.07, 6.45) is 1.85. The van der Waals surface area contributed by atoms with Crippen molar-refractivity contribution in [2.45, 2.75) is 56.1 Å². The number of aromatic amines is 1. The molecule has 2 saturated heterocycles. The molecule has 10 nitrogen and oxygen atoms in total. The van der Waals surface area contributed by atoms with Crippen molar-refractivity contribution in [2.24, 2.45) is 0 Å². The highest BCUT2D eigenvalue weighted by Gasteiger charge is 2.48. The second kappa shape index (κ2) is 11.9. The highest BCUT2D eigenvalue weighted by Crippen LogP contribution is 2.43. The molecule has 0 unspecified atom stereocenters. The van der Waals surface area contributed by atoms with Gasteiger partial charge in [0.15, 0.2) is 5.78 Å². The summed E-state index contributed by atoms with van der Waals surface area (Å²) in [4.78, 5) is 18.7. The minimum Gasteiger partial charge on any atom is -0.381 e. The van der Waals surface area contributed by atoms with Crippen LogP contribution in [0.15, 0.2) is 47.4 Å². The molecule has 3 aromatic rings. The quantitative estimate of drug-likeness (QED) is 0.357. The molecule has 0 radical (unpaired) electrons. The van der Waals surface area contributed by atoms with Crippen LogP contribution in [0.1, 0.15) is 54.0 Å². The van der Waals surface area contributed by atoms with Gasteiger partial charge in [0.25, 0.3) is 0 Å². The van der Waals surface area contributed by atoms with Crippen LogP contribution in [0.3, 0.4) is 0 Å². The summed E-state index contributed by atoms with van der Waals surface area (Å²) in [5.41, 5.74) is 3.66. The summed E-state index contributed by atoms with van der Waals surface area (Å²) >= 11 is 6.12. The van der Waals surface area contributed by atoms with E-state index in [1.165, 1.54) is 10.4 Å². The second-order valence-electron chi connectivity index (χ2n) is 12.2. The molecule has 43 heavy (non-hydrogen) atoms. The van der Waals surface area contributed by atoms with Gasteiger partial charge in [0.05, 0.1) is 22.5 Å². The normalized spacial score (nSPS) is 19.9. The van der Waals surface area contributed by atoms with Crippen molar-refractivity contribution >= 4 is 38.8 Å². The number of aromatic nitrogens is 2. The van der Waals surface area contributed by atoms with Gasteiger partial charge in [0.2, 0.25) is 10.0 Å². The van der Waals surface area contributed by atoms with E-state index >= 15 is 0 Å². The monoisotopic (exact) mass is 626 g/mol. The minimum absolute atomic E-state index is 0.0557. The van der Waals surface area contributed by atoms with Gasteiger partial charge in [-0.3, -0.25) is 9.89 Å². The Kier molecular flexibility index (Phi) is 8.29. The maximum absolute atomic E-state index is 13.9. The number of fused-ring (bicyclic) bond motifs is 1. The fourth-order valence-electron chi connectivity index (χ4n) is 6.30. The number of halogens is 1. The van der Waals surface area contributed by atoms with Crippen LogP contribution >= 0.6 is 11.6 Å². The van der Waals surface area contributed by atoms with Gasteiger partial charge in [-0.1, -0.05) is 17.7 Å². The molecular formula is C31H39ClN6O4S. The van der Waals surface area contributed by atoms with E-state index in [1.54, 1.807) is 18.2 Å². The Morgan fingerprint density at radius 2 is 1.86 bits per heavy atom. The molecule has 0 amide bonds. The van der Waals surface area contributed by atoms with Crippen molar-refractivity contribution in [2.75, 3.05) is 56.7 Å². The molecule has 1 aromatic heterocycles. The summed E-state index contributed by atoms with van der Waals surface area (Å²) in [7, 11) is -1.73. The first-order chi connectivity index (χ1) is 20.5. The number of carbonyl (C=O) groups excluding carboxylic acids is 1. The van der Waals surface area contributed by atoms with Gasteiger partial charge < -0.3 is 19.9 Å². The van der Waals surface area contributed by atoms with Gasteiger partial charge in [-0.25, -0.2) is 8.42 Å². The van der Waals surface area contributed by atoms with E-state index in [0.29, 0.717) is 35.2 Å². The largest absolute Gasteiger partial charge is 0.381 e. The molecule has 4 heterocycles. The number of carbonyl (C=O) groups is 1. The van der Waals surface area contributed by atoms with Crippen molar-refractivity contribution in [1.82, 2.24) is 19.4 Å². The van der Waals surface area contributed by atoms with Gasteiger partial charge in [0.1, 0.15) is 0 Å². The number of rotatable bonds is 8. The molecule has 0 atom stereocenters. The van der Waals surface area contributed by atoms with Crippen LogP contribution in [0.4, 0.5) is 11.4 Å². The number of Topliss-reactive ketones (excluding diaryl/α,β-unsaturated/α-hetero) is 1. The molecule has 0 bridgehead atoms. The highest BCUT2D eigenvalue weighted by atomic mass is 35.5. The molecule has 3 aliphatic heterocycles. The Hall–Kier alpha value is -2.96. The van der Waals surface area contributed by atoms with E-state index in [-0.39, 0.29) is 29.7 Å². The second-order valence-corrected chi connectivity index (χ2v) is 14.5. The third-order valence-corrected chi connectivity index (χ3v) is 11.2. The zero-order chi connectivity index (χ0) is 30.4. The first-order valence-electron chi connectivity index (χ1n) is 14.8. The third kappa shape index (κ3) is 5.93. The number of H-pyrrole nitrogens is 1. The van der Waals surface area contributed by atoms with Gasteiger partial charge in [-0.2, -0.15) is 9.40 Å². The number of nitrogens with zero attached hydrogens (tertiary/aromatic N) is 4. The predicted octanol–water partition coefficient (Wildman–Crippen LogP) is 4.27. The molecule has 2 N–H and O–H groups in total. The molecule has 3 aliphatic rings. The van der Waals surface area contributed by atoms with Crippen LogP contribution in [-0.4, -0.2) is 86.1 Å². The van der Waals surface area contributed by atoms with Crippen molar-refractivity contribution in [1.29, 1.82) is 0 Å². The Balaban J connectivity index is 1.27. The molecule has 0 saturated carbocycles. The van der Waals surface area contributed by atoms with E-state index in [2.05, 4.69) is 38.4 Å². The third-order valence-electron chi connectivity index (χ3n) is 8.93. The predicted molar refractivity (Wildman–Crippen MR) is 167 cm³/mol. The molecule has 6 rings (SSSR count). The standard InChI is InChI=1S/C31H39ClN6O4S/c1-31(2)30-26(20-38(31)43(40,41)24-6-4-5-21(32)17-24)28(34-35-30)19-29(39)25-8-7-23(37-13-11-36(3)12-14-37)18-27(25)33-22-9-15-42-16-10-22/h4-8,17-18,22,33H,9-16,19-20H2,1-3H3,(H,34,35). The number of hydrogen-bond donors (Lipinski definition) is 2. The average molecular weight is 627 g/mol. The molecular weight excluding hydrogens is 588 g/mol. The fourth-order valence-corrected chi connectivity index (χ4v) is 8.32. The van der Waals surface area contributed by atoms with Crippen LogP contribution in [0, 0.1) is 0 Å². The van der Waals surface area contributed by atoms with Crippen LogP contribution < -0.4 is 10.2 Å². The van der Waals surface area contributed by atoms with E-state index < -0.39 is 15.6 Å². The lowest BCUT2D eigenvalue weighted by atomic mass is 9.98. The molecule has 0 aliphatic carbocycles. The Labute approximate surface area is 258 Å². The number of nitrogens with one attached hydrogen (secondary N) is 2. The first kappa shape index (κ1) is 30.1. The summed E-state index contributed by atoms with van der Waals surface area (Å²) in [5.74, 6) is -0.0557. The number of ketones is 1. The topological polar surface area (TPSA) is 111 Å². The van der Waals surface area contributed by atoms with Gasteiger partial charge >= 0.3 is 0 Å². The maximum Gasteiger partial charge on any atom is 0.244 e. The zero-order valence-electron chi connectivity index (χ0n) is 24.9. The zero-order valence-corrected chi connectivity index (χ0v) is 26.5. The average Bonchev–Trinajstić information content (AvgIpc) is 3.51. The minimum atomic E-state index is -3.86. The van der Waals surface area contributed by atoms with Crippen molar-refractivity contribution in [3.8, 4) is 0 Å². The van der Waals surface area contributed by atoms with Crippen molar-refractivity contribution in [3.63, 3.8) is 0 Å².